The maximum atomic E-state index is 13.1. The molecule has 1 aliphatic heterocycles. The average Bonchev–Trinajstić information content (AvgIpc) is 2.66. The molecular weight excluding hydrogens is 338 g/mol. The fourth-order valence-corrected chi connectivity index (χ4v) is 3.35. The second-order valence-electron chi connectivity index (χ2n) is 7.47. The van der Waals surface area contributed by atoms with Crippen LogP contribution in [-0.4, -0.2) is 51.7 Å². The third kappa shape index (κ3) is 4.66. The van der Waals surface area contributed by atoms with Gasteiger partial charge in [-0.2, -0.15) is 0 Å². The van der Waals surface area contributed by atoms with Gasteiger partial charge in [0.05, 0.1) is 39.5 Å². The van der Waals surface area contributed by atoms with Crippen LogP contribution in [0.5, 0.6) is 11.5 Å². The van der Waals surface area contributed by atoms with E-state index in [0.717, 1.165) is 38.3 Å². The normalized spacial score (nSPS) is 19.3. The Balaban J connectivity index is 1.92. The van der Waals surface area contributed by atoms with E-state index in [9.17, 15) is 4.79 Å². The number of hydrogen-bond acceptors (Lipinski definition) is 3. The van der Waals surface area contributed by atoms with Crippen molar-refractivity contribution in [1.29, 1.82) is 0 Å². The van der Waals surface area contributed by atoms with Crippen molar-refractivity contribution < 1.29 is 18.8 Å². The molecule has 0 aromatic heterocycles. The largest absolute Gasteiger partial charge is 0.497 e. The highest BCUT2D eigenvalue weighted by Gasteiger charge is 2.33. The number of benzene rings is 2. The van der Waals surface area contributed by atoms with E-state index in [2.05, 4.69) is 14.1 Å². The quantitative estimate of drug-likeness (QED) is 0.611. The molecular formula is C23H26NO3+. The molecule has 0 radical (unpaired) electrons. The number of likely N-dealkylation sites (N-methyl/N-ethyl adjacent to an activating group) is 1. The van der Waals surface area contributed by atoms with Gasteiger partial charge in [-0.1, -0.05) is 24.3 Å². The smallest absolute Gasteiger partial charge is 0.196 e. The van der Waals surface area contributed by atoms with Crippen molar-refractivity contribution in [2.75, 3.05) is 41.4 Å². The maximum absolute atomic E-state index is 13.1. The summed E-state index contributed by atoms with van der Waals surface area (Å²) in [7, 11) is 7.59. The van der Waals surface area contributed by atoms with Crippen molar-refractivity contribution >= 4 is 17.9 Å². The lowest BCUT2D eigenvalue weighted by Gasteiger charge is -2.35. The number of carbonyl (C=O) groups is 1. The van der Waals surface area contributed by atoms with Crippen molar-refractivity contribution in [2.24, 2.45) is 0 Å². The summed E-state index contributed by atoms with van der Waals surface area (Å²) in [5, 5.41) is 0. The van der Waals surface area contributed by atoms with Crippen LogP contribution in [-0.2, 0) is 4.79 Å². The Kier molecular flexibility index (Phi) is 5.47. The van der Waals surface area contributed by atoms with Gasteiger partial charge in [-0.25, -0.2) is 0 Å². The Bertz CT molecular complexity index is 803. The number of likely N-dealkylation sites (tertiary alicyclic amines) is 1. The van der Waals surface area contributed by atoms with Crippen molar-refractivity contribution in [3.05, 3.63) is 70.8 Å². The van der Waals surface area contributed by atoms with Gasteiger partial charge in [-0.05, 0) is 47.5 Å². The van der Waals surface area contributed by atoms with Gasteiger partial charge in [0.1, 0.15) is 24.6 Å². The number of hydrogen-bond donors (Lipinski definition) is 0. The molecule has 4 nitrogen and oxygen atoms in total. The number of piperidine rings is 1. The Morgan fingerprint density at radius 1 is 0.741 bits per heavy atom. The molecule has 27 heavy (non-hydrogen) atoms. The molecule has 1 heterocycles. The van der Waals surface area contributed by atoms with E-state index in [0.29, 0.717) is 13.1 Å². The lowest BCUT2D eigenvalue weighted by molar-refractivity contribution is -0.881. The summed E-state index contributed by atoms with van der Waals surface area (Å²) < 4.78 is 11.2. The topological polar surface area (TPSA) is 35.5 Å². The zero-order valence-electron chi connectivity index (χ0n) is 16.4. The molecule has 0 unspecified atom stereocenters. The Labute approximate surface area is 160 Å². The minimum atomic E-state index is 0.124. The molecule has 1 aliphatic rings. The summed E-state index contributed by atoms with van der Waals surface area (Å²) in [5.74, 6) is 1.74. The van der Waals surface area contributed by atoms with Crippen molar-refractivity contribution in [3.63, 3.8) is 0 Å². The third-order valence-corrected chi connectivity index (χ3v) is 4.69. The van der Waals surface area contributed by atoms with Gasteiger partial charge in [0.25, 0.3) is 0 Å². The summed E-state index contributed by atoms with van der Waals surface area (Å²) in [6.45, 7) is 1.43. The molecule has 1 saturated heterocycles. The Morgan fingerprint density at radius 3 is 1.44 bits per heavy atom. The van der Waals surface area contributed by atoms with Crippen molar-refractivity contribution in [1.82, 2.24) is 0 Å². The molecule has 3 rings (SSSR count). The van der Waals surface area contributed by atoms with Gasteiger partial charge in [0.2, 0.25) is 0 Å². The fraction of sp³-hybridized carbons (Fsp3) is 0.261. The summed E-state index contributed by atoms with van der Waals surface area (Å²) >= 11 is 0. The molecule has 0 atom stereocenters. The monoisotopic (exact) mass is 364 g/mol. The maximum Gasteiger partial charge on any atom is 0.196 e. The molecule has 0 aliphatic carbocycles. The van der Waals surface area contributed by atoms with E-state index in [1.54, 1.807) is 14.2 Å². The van der Waals surface area contributed by atoms with E-state index in [1.807, 2.05) is 60.7 Å². The predicted molar refractivity (Wildman–Crippen MR) is 109 cm³/mol. The fourth-order valence-electron chi connectivity index (χ4n) is 3.35. The highest BCUT2D eigenvalue weighted by molar-refractivity contribution is 6.14. The zero-order chi connectivity index (χ0) is 19.4. The van der Waals surface area contributed by atoms with Crippen LogP contribution < -0.4 is 9.47 Å². The third-order valence-electron chi connectivity index (χ3n) is 4.69. The molecule has 1 fully saturated rings. The average molecular weight is 364 g/mol. The number of ether oxygens (including phenoxy) is 2. The van der Waals surface area contributed by atoms with Gasteiger partial charge in [-0.15, -0.1) is 0 Å². The summed E-state index contributed by atoms with van der Waals surface area (Å²) in [5.41, 5.74) is 3.67. The molecule has 2 aromatic carbocycles. The van der Waals surface area contributed by atoms with Gasteiger partial charge < -0.3 is 14.0 Å². The number of ketones is 1. The number of rotatable bonds is 4. The lowest BCUT2D eigenvalue weighted by atomic mass is 9.93. The minimum Gasteiger partial charge on any atom is -0.497 e. The molecule has 140 valence electrons. The molecule has 0 spiro atoms. The van der Waals surface area contributed by atoms with Gasteiger partial charge >= 0.3 is 0 Å². The minimum absolute atomic E-state index is 0.124. The van der Waals surface area contributed by atoms with Crippen molar-refractivity contribution in [2.45, 2.75) is 0 Å². The van der Waals surface area contributed by atoms with E-state index in [4.69, 9.17) is 9.47 Å². The van der Waals surface area contributed by atoms with Crippen LogP contribution in [0.15, 0.2) is 59.7 Å². The molecule has 0 bridgehead atoms. The molecule has 0 N–H and O–H groups in total. The first-order chi connectivity index (χ1) is 12.9. The number of quaternary nitrogens is 1. The van der Waals surface area contributed by atoms with Gasteiger partial charge in [0, 0.05) is 0 Å². The predicted octanol–water partition coefficient (Wildman–Crippen LogP) is 3.83. The van der Waals surface area contributed by atoms with Crippen LogP contribution in [0, 0.1) is 0 Å². The van der Waals surface area contributed by atoms with Crippen LogP contribution in [0.1, 0.15) is 11.1 Å². The number of methoxy groups -OCH3 is 2. The first-order valence-corrected chi connectivity index (χ1v) is 8.96. The summed E-state index contributed by atoms with van der Waals surface area (Å²) in [6.07, 6.45) is 3.98. The second kappa shape index (κ2) is 7.80. The van der Waals surface area contributed by atoms with Crippen LogP contribution in [0.4, 0.5) is 0 Å². The van der Waals surface area contributed by atoms with Gasteiger partial charge in [0.15, 0.2) is 5.78 Å². The standard InChI is InChI=1S/C23H26NO3/c1-24(2)15-19(13-17-5-9-21(26-3)10-6-17)23(25)20(16-24)14-18-7-11-22(27-4)12-8-18/h5-14H,15-16H2,1-4H3/q+1/b19-13+,20-14+. The van der Waals surface area contributed by atoms with Crippen LogP contribution in [0.2, 0.25) is 0 Å². The summed E-state index contributed by atoms with van der Waals surface area (Å²) in [4.78, 5) is 13.1. The van der Waals surface area contributed by atoms with Crippen LogP contribution in [0.3, 0.4) is 0 Å². The highest BCUT2D eigenvalue weighted by Crippen LogP contribution is 2.25. The molecule has 0 amide bonds. The number of Topliss-reactive ketones (excluding diaryl/α,β-unsaturated/α-hetero) is 1. The van der Waals surface area contributed by atoms with Crippen LogP contribution in [0.25, 0.3) is 12.2 Å². The second-order valence-corrected chi connectivity index (χ2v) is 7.47. The Hall–Kier alpha value is -2.85. The highest BCUT2D eigenvalue weighted by atomic mass is 16.5. The lowest BCUT2D eigenvalue weighted by Crippen LogP contribution is -2.48. The first-order valence-electron chi connectivity index (χ1n) is 8.96. The zero-order valence-corrected chi connectivity index (χ0v) is 16.4. The Morgan fingerprint density at radius 2 is 1.11 bits per heavy atom. The first kappa shape index (κ1) is 18.9. The number of carbonyl (C=O) groups excluding carboxylic acids is 1. The SMILES string of the molecule is COc1ccc(/C=C2\C[N+](C)(C)C/C(=C\c3ccc(OC)cc3)C2=O)cc1. The van der Waals surface area contributed by atoms with E-state index >= 15 is 0 Å². The van der Waals surface area contributed by atoms with Gasteiger partial charge in [-0.3, -0.25) is 4.79 Å². The van der Waals surface area contributed by atoms with Crippen molar-refractivity contribution in [3.8, 4) is 11.5 Å². The molecule has 2 aromatic rings. The summed E-state index contributed by atoms with van der Waals surface area (Å²) in [6, 6.07) is 15.5. The van der Waals surface area contributed by atoms with E-state index in [1.165, 1.54) is 0 Å². The van der Waals surface area contributed by atoms with E-state index in [-0.39, 0.29) is 5.78 Å². The van der Waals surface area contributed by atoms with Crippen LogP contribution >= 0.6 is 0 Å². The molecule has 4 heteroatoms. The van der Waals surface area contributed by atoms with E-state index < -0.39 is 0 Å². The molecule has 0 saturated carbocycles. The number of nitrogens with zero attached hydrogens (tertiary/aromatic N) is 1.